The van der Waals surface area contributed by atoms with Gasteiger partial charge in [-0.2, -0.15) is 17.6 Å². The molecule has 1 nitrogen and oxygen atoms in total. The van der Waals surface area contributed by atoms with E-state index in [1.54, 1.807) is 0 Å². The Kier molecular flexibility index (Phi) is 6.12. The standard InChI is InChI=1S/C13H11Cl5F4O/c1-6-3-7(2)8(5-10(14,15)16)9(4-6)11(23,12(17,19)20)13(18,21)22/h3-4,23H,5H2,1-2H3. The highest BCUT2D eigenvalue weighted by Gasteiger charge is 2.68. The minimum Gasteiger partial charge on any atom is -0.372 e. The largest absolute Gasteiger partial charge is 0.372 e. The van der Waals surface area contributed by atoms with Gasteiger partial charge in [-0.1, -0.05) is 52.5 Å². The van der Waals surface area contributed by atoms with Crippen LogP contribution in [0.25, 0.3) is 0 Å². The first-order chi connectivity index (χ1) is 10.0. The van der Waals surface area contributed by atoms with Gasteiger partial charge in [0.1, 0.15) is 0 Å². The Labute approximate surface area is 155 Å². The van der Waals surface area contributed by atoms with Gasteiger partial charge in [-0.25, -0.2) is 0 Å². The van der Waals surface area contributed by atoms with Crippen molar-refractivity contribution in [1.29, 1.82) is 0 Å². The van der Waals surface area contributed by atoms with Crippen LogP contribution in [0, 0.1) is 13.8 Å². The van der Waals surface area contributed by atoms with Crippen molar-refractivity contribution in [2.24, 2.45) is 0 Å². The molecular formula is C13H11Cl5F4O. The Balaban J connectivity index is 3.80. The number of benzene rings is 1. The number of rotatable bonds is 4. The first kappa shape index (κ1) is 21.4. The summed E-state index contributed by atoms with van der Waals surface area (Å²) in [7, 11) is 0. The molecule has 0 aromatic heterocycles. The molecule has 0 fully saturated rings. The molecular weight excluding hydrogens is 425 g/mol. The van der Waals surface area contributed by atoms with Crippen molar-refractivity contribution in [3.8, 4) is 0 Å². The fraction of sp³-hybridized carbons (Fsp3) is 0.538. The SMILES string of the molecule is Cc1cc(C)c(CC(Cl)(Cl)Cl)c(C(O)(C(F)(F)Cl)C(F)(F)Cl)c1. The molecule has 10 heteroatoms. The second-order valence-electron chi connectivity index (χ2n) is 5.11. The minimum atomic E-state index is -4.79. The molecule has 132 valence electrons. The van der Waals surface area contributed by atoms with Crippen molar-refractivity contribution in [2.75, 3.05) is 0 Å². The Morgan fingerprint density at radius 1 is 0.913 bits per heavy atom. The van der Waals surface area contributed by atoms with Crippen LogP contribution in [0.2, 0.25) is 0 Å². The average molecular weight is 436 g/mol. The van der Waals surface area contributed by atoms with E-state index < -0.39 is 32.1 Å². The minimum absolute atomic E-state index is 0.209. The molecule has 0 heterocycles. The van der Waals surface area contributed by atoms with E-state index >= 15 is 0 Å². The van der Waals surface area contributed by atoms with Gasteiger partial charge in [0, 0.05) is 12.0 Å². The summed E-state index contributed by atoms with van der Waals surface area (Å²) in [5, 5.41) is 0.507. The topological polar surface area (TPSA) is 20.2 Å². The highest BCUT2D eigenvalue weighted by molar-refractivity contribution is 6.67. The van der Waals surface area contributed by atoms with E-state index in [2.05, 4.69) is 0 Å². The molecule has 0 saturated heterocycles. The summed E-state index contributed by atoms with van der Waals surface area (Å²) < 4.78 is 52.8. The molecule has 0 spiro atoms. The molecule has 0 bridgehead atoms. The van der Waals surface area contributed by atoms with Gasteiger partial charge in [-0.3, -0.25) is 0 Å². The van der Waals surface area contributed by atoms with Crippen LogP contribution in [0.5, 0.6) is 0 Å². The van der Waals surface area contributed by atoms with Crippen LogP contribution in [-0.2, 0) is 12.0 Å². The summed E-state index contributed by atoms with van der Waals surface area (Å²) >= 11 is 26.4. The molecule has 23 heavy (non-hydrogen) atoms. The van der Waals surface area contributed by atoms with Crippen molar-refractivity contribution in [3.63, 3.8) is 0 Å². The van der Waals surface area contributed by atoms with Crippen LogP contribution in [-0.4, -0.2) is 19.7 Å². The molecule has 0 aliphatic carbocycles. The van der Waals surface area contributed by atoms with Crippen LogP contribution < -0.4 is 0 Å². The van der Waals surface area contributed by atoms with E-state index in [4.69, 9.17) is 58.0 Å². The quantitative estimate of drug-likeness (QED) is 0.449. The van der Waals surface area contributed by atoms with E-state index in [1.165, 1.54) is 19.9 Å². The summed E-state index contributed by atoms with van der Waals surface area (Å²) in [5.41, 5.74) is -4.75. The monoisotopic (exact) mass is 434 g/mol. The maximum Gasteiger partial charge on any atom is 0.361 e. The summed E-state index contributed by atoms with van der Waals surface area (Å²) in [6.07, 6.45) is -0.513. The van der Waals surface area contributed by atoms with Gasteiger partial charge in [0.15, 0.2) is 3.79 Å². The maximum absolute atomic E-state index is 13.7. The summed E-state index contributed by atoms with van der Waals surface area (Å²) in [6, 6.07) is 2.40. The molecule has 1 aromatic carbocycles. The molecule has 1 rings (SSSR count). The highest BCUT2D eigenvalue weighted by atomic mass is 35.6. The fourth-order valence-corrected chi connectivity index (χ4v) is 3.11. The van der Waals surface area contributed by atoms with Crippen molar-refractivity contribution in [1.82, 2.24) is 0 Å². The molecule has 0 unspecified atom stereocenters. The molecule has 0 aliphatic heterocycles. The van der Waals surface area contributed by atoms with Gasteiger partial charge < -0.3 is 5.11 Å². The lowest BCUT2D eigenvalue weighted by atomic mass is 9.85. The number of aryl methyl sites for hydroxylation is 2. The molecule has 1 N–H and O–H groups in total. The van der Waals surface area contributed by atoms with E-state index in [9.17, 15) is 22.7 Å². The van der Waals surface area contributed by atoms with Crippen molar-refractivity contribution in [3.05, 3.63) is 34.4 Å². The van der Waals surface area contributed by atoms with Crippen LogP contribution in [0.1, 0.15) is 22.3 Å². The lowest BCUT2D eigenvalue weighted by molar-refractivity contribution is -0.224. The van der Waals surface area contributed by atoms with Crippen LogP contribution in [0.4, 0.5) is 17.6 Å². The average Bonchev–Trinajstić information content (AvgIpc) is 2.26. The van der Waals surface area contributed by atoms with Crippen LogP contribution in [0.3, 0.4) is 0 Å². The molecule has 1 aromatic rings. The lowest BCUT2D eigenvalue weighted by Crippen LogP contribution is -2.53. The van der Waals surface area contributed by atoms with E-state index in [-0.39, 0.29) is 11.1 Å². The third-order valence-electron chi connectivity index (χ3n) is 3.20. The Bertz CT molecular complexity index is 576. The zero-order valence-electron chi connectivity index (χ0n) is 11.7. The summed E-state index contributed by atoms with van der Waals surface area (Å²) in [5.74, 6) is 0. The van der Waals surface area contributed by atoms with E-state index in [0.717, 1.165) is 6.07 Å². The normalized spacial score (nSPS) is 14.3. The molecule has 0 saturated carbocycles. The first-order valence-corrected chi connectivity index (χ1v) is 7.93. The van der Waals surface area contributed by atoms with Gasteiger partial charge in [0.05, 0.1) is 0 Å². The van der Waals surface area contributed by atoms with Crippen molar-refractivity contribution < 1.29 is 22.7 Å². The van der Waals surface area contributed by atoms with E-state index in [0.29, 0.717) is 5.56 Å². The number of alkyl halides is 9. The summed E-state index contributed by atoms with van der Waals surface area (Å²) in [4.78, 5) is 0. The van der Waals surface area contributed by atoms with Gasteiger partial charge in [0.2, 0.25) is 5.60 Å². The molecule has 0 atom stereocenters. The van der Waals surface area contributed by atoms with Gasteiger partial charge in [-0.15, -0.1) is 0 Å². The van der Waals surface area contributed by atoms with Crippen molar-refractivity contribution >= 4 is 58.0 Å². The second-order valence-corrected chi connectivity index (χ2v) is 8.57. The zero-order valence-corrected chi connectivity index (χ0v) is 15.5. The zero-order chi connectivity index (χ0) is 18.4. The Morgan fingerprint density at radius 3 is 1.70 bits per heavy atom. The van der Waals surface area contributed by atoms with E-state index in [1.807, 2.05) is 0 Å². The Hall–Kier alpha value is 0.350. The van der Waals surface area contributed by atoms with Gasteiger partial charge in [0.25, 0.3) is 0 Å². The highest BCUT2D eigenvalue weighted by Crippen LogP contribution is 2.54. The second kappa shape index (κ2) is 6.58. The number of hydrogen-bond acceptors (Lipinski definition) is 1. The van der Waals surface area contributed by atoms with Crippen LogP contribution in [0.15, 0.2) is 12.1 Å². The Morgan fingerprint density at radius 2 is 1.35 bits per heavy atom. The van der Waals surface area contributed by atoms with Crippen LogP contribution >= 0.6 is 58.0 Å². The molecule has 0 radical (unpaired) electrons. The predicted octanol–water partition coefficient (Wildman–Crippen LogP) is 6.07. The van der Waals surface area contributed by atoms with Gasteiger partial charge in [-0.05, 0) is 48.2 Å². The number of aliphatic hydroxyl groups is 1. The first-order valence-electron chi connectivity index (χ1n) is 6.04. The predicted molar refractivity (Wildman–Crippen MR) is 85.4 cm³/mol. The fourth-order valence-electron chi connectivity index (χ4n) is 2.22. The number of halogens is 9. The molecule has 0 amide bonds. The maximum atomic E-state index is 13.7. The third-order valence-corrected chi connectivity index (χ3v) is 4.15. The van der Waals surface area contributed by atoms with Crippen molar-refractivity contribution in [2.45, 2.75) is 40.4 Å². The lowest BCUT2D eigenvalue weighted by Gasteiger charge is -2.37. The smallest absolute Gasteiger partial charge is 0.361 e. The third kappa shape index (κ3) is 4.50. The van der Waals surface area contributed by atoms with Gasteiger partial charge >= 0.3 is 10.8 Å². The number of hydrogen-bond donors (Lipinski definition) is 1. The molecule has 0 aliphatic rings. The summed E-state index contributed by atoms with van der Waals surface area (Å²) in [6.45, 7) is 2.89.